The molecule has 0 unspecified atom stereocenters. The summed E-state index contributed by atoms with van der Waals surface area (Å²) in [6, 6.07) is 6.49. The van der Waals surface area contributed by atoms with E-state index in [2.05, 4.69) is 20.4 Å². The monoisotopic (exact) mass is 402 g/mol. The van der Waals surface area contributed by atoms with Crippen LogP contribution in [0.15, 0.2) is 24.3 Å². The first-order chi connectivity index (χ1) is 13.6. The van der Waals surface area contributed by atoms with E-state index in [1.54, 1.807) is 29.2 Å². The molecule has 1 fully saturated rings. The zero-order valence-electron chi connectivity index (χ0n) is 14.9. The van der Waals surface area contributed by atoms with Crippen LogP contribution in [-0.4, -0.2) is 55.5 Å². The standard InChI is InChI=1S/C18H19ClN6O3/c19-13-4-3-10(18(27)25-5-1-2-12(25)8-26)6-11(13)9-28-14-7-15(20)21-17-16(14)22-24-23-17/h3-4,6-7,12,26H,1-2,5,8-9H2,(H3,20,21,22,23,24)/t12-/m1/s1. The minimum Gasteiger partial charge on any atom is -0.486 e. The molecule has 1 aromatic carbocycles. The van der Waals surface area contributed by atoms with Crippen LogP contribution in [0.4, 0.5) is 5.82 Å². The molecule has 4 rings (SSSR count). The number of aromatic nitrogens is 4. The minimum absolute atomic E-state index is 0.0353. The Morgan fingerprint density at radius 1 is 1.39 bits per heavy atom. The van der Waals surface area contributed by atoms with E-state index in [0.29, 0.717) is 39.6 Å². The Morgan fingerprint density at radius 3 is 3.07 bits per heavy atom. The van der Waals surface area contributed by atoms with Crippen molar-refractivity contribution in [3.8, 4) is 5.75 Å². The number of amides is 1. The van der Waals surface area contributed by atoms with Gasteiger partial charge in [-0.2, -0.15) is 10.3 Å². The SMILES string of the molecule is Nc1cc(OCc2cc(C(=O)N3CCC[C@@H]3CO)ccc2Cl)c2n[nH]nc2n1. The lowest BCUT2D eigenvalue weighted by Crippen LogP contribution is -2.37. The molecular weight excluding hydrogens is 384 g/mol. The normalized spacial score (nSPS) is 16.6. The predicted molar refractivity (Wildman–Crippen MR) is 103 cm³/mol. The molecule has 1 amide bonds. The summed E-state index contributed by atoms with van der Waals surface area (Å²) in [6.45, 7) is 0.722. The number of likely N-dealkylation sites (tertiary alicyclic amines) is 1. The number of fused-ring (bicyclic) bond motifs is 1. The highest BCUT2D eigenvalue weighted by Crippen LogP contribution is 2.27. The number of nitrogen functional groups attached to an aromatic ring is 1. The van der Waals surface area contributed by atoms with Crippen molar-refractivity contribution in [1.82, 2.24) is 25.3 Å². The van der Waals surface area contributed by atoms with Crippen LogP contribution in [0.3, 0.4) is 0 Å². The topological polar surface area (TPSA) is 130 Å². The highest BCUT2D eigenvalue weighted by Gasteiger charge is 2.29. The molecule has 0 radical (unpaired) electrons. The number of H-pyrrole nitrogens is 1. The predicted octanol–water partition coefficient (Wildman–Crippen LogP) is 1.76. The maximum atomic E-state index is 12.8. The fraction of sp³-hybridized carbons (Fsp3) is 0.333. The fourth-order valence-corrected chi connectivity index (χ4v) is 3.54. The molecule has 0 saturated carbocycles. The molecule has 2 aromatic heterocycles. The number of benzene rings is 1. The number of halogens is 1. The molecule has 0 bridgehead atoms. The van der Waals surface area contributed by atoms with Gasteiger partial charge in [-0.1, -0.05) is 11.6 Å². The Hall–Kier alpha value is -2.91. The van der Waals surface area contributed by atoms with Gasteiger partial charge in [0.15, 0.2) is 11.3 Å². The number of nitrogens with zero attached hydrogens (tertiary/aromatic N) is 4. The largest absolute Gasteiger partial charge is 0.486 e. The molecule has 0 spiro atoms. The third-order valence-corrected chi connectivity index (χ3v) is 5.17. The van der Waals surface area contributed by atoms with Crippen molar-refractivity contribution in [3.63, 3.8) is 0 Å². The molecular formula is C18H19ClN6O3. The second kappa shape index (κ2) is 7.61. The van der Waals surface area contributed by atoms with Crippen molar-refractivity contribution in [2.75, 3.05) is 18.9 Å². The van der Waals surface area contributed by atoms with Crippen molar-refractivity contribution < 1.29 is 14.6 Å². The van der Waals surface area contributed by atoms with Crippen LogP contribution in [0.5, 0.6) is 5.75 Å². The van der Waals surface area contributed by atoms with Gasteiger partial charge < -0.3 is 20.5 Å². The van der Waals surface area contributed by atoms with Gasteiger partial charge in [0.25, 0.3) is 5.91 Å². The van der Waals surface area contributed by atoms with Crippen molar-refractivity contribution in [2.24, 2.45) is 0 Å². The molecule has 3 aromatic rings. The van der Waals surface area contributed by atoms with Gasteiger partial charge >= 0.3 is 0 Å². The van der Waals surface area contributed by atoms with Gasteiger partial charge in [-0.05, 0) is 31.0 Å². The van der Waals surface area contributed by atoms with Gasteiger partial charge in [0.1, 0.15) is 12.4 Å². The molecule has 1 atom stereocenters. The number of nitrogens with two attached hydrogens (primary N) is 1. The Labute approximate surface area is 165 Å². The number of nitrogens with one attached hydrogen (secondary N) is 1. The average Bonchev–Trinajstić information content (AvgIpc) is 3.35. The number of aliphatic hydroxyl groups excluding tert-OH is 1. The summed E-state index contributed by atoms with van der Waals surface area (Å²) in [5, 5.41) is 20.4. The number of carbonyl (C=O) groups is 1. The lowest BCUT2D eigenvalue weighted by atomic mass is 10.1. The number of hydrogen-bond donors (Lipinski definition) is 3. The Morgan fingerprint density at radius 2 is 2.25 bits per heavy atom. The summed E-state index contributed by atoms with van der Waals surface area (Å²) >= 11 is 6.30. The van der Waals surface area contributed by atoms with Crippen LogP contribution in [0.25, 0.3) is 11.2 Å². The van der Waals surface area contributed by atoms with E-state index >= 15 is 0 Å². The van der Waals surface area contributed by atoms with Crippen molar-refractivity contribution >= 4 is 34.5 Å². The van der Waals surface area contributed by atoms with Gasteiger partial charge in [0.2, 0.25) is 5.65 Å². The Kier molecular flexibility index (Phi) is 5.01. The van der Waals surface area contributed by atoms with Crippen LogP contribution in [0.1, 0.15) is 28.8 Å². The second-order valence-corrected chi connectivity index (χ2v) is 7.02. The summed E-state index contributed by atoms with van der Waals surface area (Å²) in [7, 11) is 0. The van der Waals surface area contributed by atoms with Crippen molar-refractivity contribution in [1.29, 1.82) is 0 Å². The third kappa shape index (κ3) is 3.46. The molecule has 10 heteroatoms. The van der Waals surface area contributed by atoms with Gasteiger partial charge in [0, 0.05) is 28.8 Å². The molecule has 1 aliphatic heterocycles. The van der Waals surface area contributed by atoms with Crippen LogP contribution in [0.2, 0.25) is 5.02 Å². The molecule has 3 heterocycles. The first-order valence-electron chi connectivity index (χ1n) is 8.87. The Balaban J connectivity index is 1.56. The van der Waals surface area contributed by atoms with Gasteiger partial charge in [0.05, 0.1) is 12.6 Å². The number of anilines is 1. The zero-order chi connectivity index (χ0) is 19.7. The van der Waals surface area contributed by atoms with E-state index in [4.69, 9.17) is 22.1 Å². The van der Waals surface area contributed by atoms with Gasteiger partial charge in [-0.15, -0.1) is 5.10 Å². The summed E-state index contributed by atoms with van der Waals surface area (Å²) in [4.78, 5) is 18.6. The number of rotatable bonds is 5. The maximum absolute atomic E-state index is 12.8. The molecule has 9 nitrogen and oxygen atoms in total. The van der Waals surface area contributed by atoms with Crippen LogP contribution in [-0.2, 0) is 6.61 Å². The molecule has 146 valence electrons. The second-order valence-electron chi connectivity index (χ2n) is 6.61. The number of carbonyl (C=O) groups excluding carboxylic acids is 1. The fourth-order valence-electron chi connectivity index (χ4n) is 3.37. The summed E-state index contributed by atoms with van der Waals surface area (Å²) in [6.07, 6.45) is 1.70. The van der Waals surface area contributed by atoms with Crippen LogP contribution >= 0.6 is 11.6 Å². The first kappa shape index (κ1) is 18.5. The summed E-state index contributed by atoms with van der Waals surface area (Å²) in [5.74, 6) is 0.556. The van der Waals surface area contributed by atoms with Crippen LogP contribution < -0.4 is 10.5 Å². The number of aromatic amines is 1. The van der Waals surface area contributed by atoms with E-state index in [1.165, 1.54) is 0 Å². The van der Waals surface area contributed by atoms with Gasteiger partial charge in [-0.25, -0.2) is 4.98 Å². The van der Waals surface area contributed by atoms with E-state index in [1.807, 2.05) is 0 Å². The lowest BCUT2D eigenvalue weighted by molar-refractivity contribution is 0.0677. The number of aliphatic hydroxyl groups is 1. The smallest absolute Gasteiger partial charge is 0.254 e. The quantitative estimate of drug-likeness (QED) is 0.592. The summed E-state index contributed by atoms with van der Waals surface area (Å²) in [5.41, 5.74) is 7.74. The number of pyridine rings is 1. The lowest BCUT2D eigenvalue weighted by Gasteiger charge is -2.23. The average molecular weight is 403 g/mol. The number of hydrogen-bond acceptors (Lipinski definition) is 7. The van der Waals surface area contributed by atoms with E-state index in [9.17, 15) is 9.90 Å². The zero-order valence-corrected chi connectivity index (χ0v) is 15.7. The Bertz CT molecular complexity index is 1020. The highest BCUT2D eigenvalue weighted by molar-refractivity contribution is 6.31. The molecule has 4 N–H and O–H groups in total. The van der Waals surface area contributed by atoms with Gasteiger partial charge in [-0.3, -0.25) is 4.79 Å². The van der Waals surface area contributed by atoms with Crippen molar-refractivity contribution in [3.05, 3.63) is 40.4 Å². The van der Waals surface area contributed by atoms with Crippen molar-refractivity contribution in [2.45, 2.75) is 25.5 Å². The summed E-state index contributed by atoms with van der Waals surface area (Å²) < 4.78 is 5.84. The van der Waals surface area contributed by atoms with Crippen LogP contribution in [0, 0.1) is 0 Å². The number of ether oxygens (including phenoxy) is 1. The maximum Gasteiger partial charge on any atom is 0.254 e. The first-order valence-corrected chi connectivity index (χ1v) is 9.24. The van der Waals surface area contributed by atoms with E-state index in [-0.39, 0.29) is 31.0 Å². The van der Waals surface area contributed by atoms with E-state index in [0.717, 1.165) is 12.8 Å². The minimum atomic E-state index is -0.136. The molecule has 0 aliphatic carbocycles. The molecule has 28 heavy (non-hydrogen) atoms. The highest BCUT2D eigenvalue weighted by atomic mass is 35.5. The third-order valence-electron chi connectivity index (χ3n) is 4.80. The molecule has 1 aliphatic rings. The van der Waals surface area contributed by atoms with E-state index < -0.39 is 0 Å². The molecule has 1 saturated heterocycles.